The van der Waals surface area contributed by atoms with E-state index in [1.807, 2.05) is 18.3 Å². The topological polar surface area (TPSA) is 73.5 Å². The first-order valence-corrected chi connectivity index (χ1v) is 12.0. The van der Waals surface area contributed by atoms with Gasteiger partial charge in [0.25, 0.3) is 0 Å². The van der Waals surface area contributed by atoms with E-state index in [2.05, 4.69) is 90.7 Å². The van der Waals surface area contributed by atoms with Gasteiger partial charge in [0.1, 0.15) is 17.7 Å². The highest BCUT2D eigenvalue weighted by molar-refractivity contribution is 5.78. The van der Waals surface area contributed by atoms with E-state index in [1.165, 1.54) is 5.56 Å². The molecule has 0 atom stereocenters. The van der Waals surface area contributed by atoms with E-state index >= 15 is 0 Å². The molecular weight excluding hydrogens is 420 g/mol. The third kappa shape index (κ3) is 4.99. The quantitative estimate of drug-likeness (QED) is 0.332. The maximum Gasteiger partial charge on any atom is 0.183 e. The highest BCUT2D eigenvalue weighted by atomic mass is 15.3. The SMILES string of the molecule is CCCCn1c(-c2ccccc2C)nc(C#N)c1N(Cc1ccc2[nH]ncc2c1)CC(C)(C)C. The first-order chi connectivity index (χ1) is 16.3. The van der Waals surface area contributed by atoms with Crippen LogP contribution in [0.3, 0.4) is 0 Å². The molecule has 0 amide bonds. The Morgan fingerprint density at radius 3 is 2.65 bits per heavy atom. The fourth-order valence-corrected chi connectivity index (χ4v) is 4.49. The molecule has 0 fully saturated rings. The molecular formula is C28H34N6. The maximum atomic E-state index is 10.2. The third-order valence-corrected chi connectivity index (χ3v) is 6.01. The number of aromatic nitrogens is 4. The highest BCUT2D eigenvalue weighted by Crippen LogP contribution is 2.34. The number of imidazole rings is 1. The zero-order valence-electron chi connectivity index (χ0n) is 20.9. The number of aromatic amines is 1. The Labute approximate surface area is 202 Å². The molecule has 0 radical (unpaired) electrons. The molecule has 0 aliphatic rings. The minimum atomic E-state index is 0.0369. The molecule has 1 N–H and O–H groups in total. The van der Waals surface area contributed by atoms with Crippen LogP contribution in [-0.2, 0) is 13.1 Å². The maximum absolute atomic E-state index is 10.2. The average molecular weight is 455 g/mol. The molecule has 6 nitrogen and oxygen atoms in total. The summed E-state index contributed by atoms with van der Waals surface area (Å²) in [7, 11) is 0. The number of nitrogens with one attached hydrogen (secondary N) is 1. The van der Waals surface area contributed by atoms with Crippen LogP contribution < -0.4 is 4.90 Å². The van der Waals surface area contributed by atoms with E-state index in [-0.39, 0.29) is 5.41 Å². The summed E-state index contributed by atoms with van der Waals surface area (Å²) in [4.78, 5) is 7.23. The van der Waals surface area contributed by atoms with Gasteiger partial charge in [0.2, 0.25) is 0 Å². The van der Waals surface area contributed by atoms with Crippen molar-refractivity contribution in [3.63, 3.8) is 0 Å². The van der Waals surface area contributed by atoms with Crippen LogP contribution >= 0.6 is 0 Å². The minimum absolute atomic E-state index is 0.0369. The second-order valence-corrected chi connectivity index (χ2v) is 10.2. The molecule has 0 aliphatic carbocycles. The third-order valence-electron chi connectivity index (χ3n) is 6.01. The molecule has 2 aromatic carbocycles. The molecule has 6 heteroatoms. The van der Waals surface area contributed by atoms with E-state index in [0.717, 1.165) is 59.6 Å². The average Bonchev–Trinajstić information content (AvgIpc) is 3.40. The lowest BCUT2D eigenvalue weighted by atomic mass is 9.95. The van der Waals surface area contributed by atoms with Gasteiger partial charge in [-0.15, -0.1) is 0 Å². The van der Waals surface area contributed by atoms with Gasteiger partial charge in [0.15, 0.2) is 5.69 Å². The van der Waals surface area contributed by atoms with Crippen molar-refractivity contribution in [3.05, 3.63) is 65.5 Å². The number of hydrogen-bond acceptors (Lipinski definition) is 4. The van der Waals surface area contributed by atoms with Gasteiger partial charge in [0, 0.05) is 30.6 Å². The van der Waals surface area contributed by atoms with Crippen molar-refractivity contribution < 1.29 is 0 Å². The largest absolute Gasteiger partial charge is 0.351 e. The molecule has 176 valence electrons. The molecule has 4 rings (SSSR count). The zero-order valence-corrected chi connectivity index (χ0v) is 20.9. The van der Waals surface area contributed by atoms with Crippen LogP contribution in [0.2, 0.25) is 0 Å². The van der Waals surface area contributed by atoms with E-state index in [4.69, 9.17) is 4.98 Å². The summed E-state index contributed by atoms with van der Waals surface area (Å²) in [6, 6.07) is 17.1. The number of aryl methyl sites for hydroxylation is 1. The van der Waals surface area contributed by atoms with Crippen molar-refractivity contribution in [2.45, 2.75) is 60.5 Å². The van der Waals surface area contributed by atoms with Gasteiger partial charge in [-0.3, -0.25) is 5.10 Å². The Balaban J connectivity index is 1.86. The van der Waals surface area contributed by atoms with Crippen molar-refractivity contribution >= 4 is 16.7 Å². The van der Waals surface area contributed by atoms with Crippen molar-refractivity contribution in [2.24, 2.45) is 5.41 Å². The van der Waals surface area contributed by atoms with Gasteiger partial charge >= 0.3 is 0 Å². The van der Waals surface area contributed by atoms with Crippen LogP contribution in [0.25, 0.3) is 22.3 Å². The van der Waals surface area contributed by atoms with Gasteiger partial charge in [0.05, 0.1) is 11.7 Å². The summed E-state index contributed by atoms with van der Waals surface area (Å²) in [6.45, 7) is 13.3. The van der Waals surface area contributed by atoms with E-state index in [9.17, 15) is 5.26 Å². The molecule has 2 aromatic heterocycles. The molecule has 4 aromatic rings. The standard InChI is InChI=1S/C28H34N6/c1-6-7-14-34-26(23-11-9-8-10-20(23)2)31-25(16-29)27(34)33(19-28(3,4)5)18-21-12-13-24-22(15-21)17-30-32-24/h8-13,15,17H,6-7,14,18-19H2,1-5H3,(H,30,32). The van der Waals surface area contributed by atoms with Crippen molar-refractivity contribution in [1.29, 1.82) is 5.26 Å². The van der Waals surface area contributed by atoms with E-state index < -0.39 is 0 Å². The Kier molecular flexibility index (Phi) is 6.74. The molecule has 2 heterocycles. The second-order valence-electron chi connectivity index (χ2n) is 10.2. The number of benzene rings is 2. The number of H-pyrrole nitrogens is 1. The normalized spacial score (nSPS) is 11.6. The van der Waals surface area contributed by atoms with Gasteiger partial charge in [-0.2, -0.15) is 10.4 Å². The van der Waals surface area contributed by atoms with E-state index in [1.54, 1.807) is 0 Å². The molecule has 0 saturated carbocycles. The number of hydrogen-bond donors (Lipinski definition) is 1. The van der Waals surface area contributed by atoms with Crippen LogP contribution in [0.1, 0.15) is 57.4 Å². The van der Waals surface area contributed by atoms with Crippen molar-refractivity contribution in [3.8, 4) is 17.5 Å². The summed E-state index contributed by atoms with van der Waals surface area (Å²) in [6.07, 6.45) is 3.95. The Morgan fingerprint density at radius 2 is 1.94 bits per heavy atom. The number of anilines is 1. The number of fused-ring (bicyclic) bond motifs is 1. The minimum Gasteiger partial charge on any atom is -0.351 e. The first kappa shape index (κ1) is 23.6. The van der Waals surface area contributed by atoms with Gasteiger partial charge in [-0.1, -0.05) is 64.4 Å². The molecule has 0 bridgehead atoms. The molecule has 0 saturated heterocycles. The number of unbranched alkanes of at least 4 members (excludes halogenated alkanes) is 1. The summed E-state index contributed by atoms with van der Waals surface area (Å²) >= 11 is 0. The fourth-order valence-electron chi connectivity index (χ4n) is 4.49. The van der Waals surface area contributed by atoms with Crippen LogP contribution in [0.4, 0.5) is 5.82 Å². The molecule has 0 spiro atoms. The lowest BCUT2D eigenvalue weighted by Gasteiger charge is -2.33. The Morgan fingerprint density at radius 1 is 1.15 bits per heavy atom. The molecule has 34 heavy (non-hydrogen) atoms. The number of nitrogens with zero attached hydrogens (tertiary/aromatic N) is 5. The van der Waals surface area contributed by atoms with Crippen LogP contribution in [0.15, 0.2) is 48.7 Å². The molecule has 0 aliphatic heterocycles. The summed E-state index contributed by atoms with van der Waals surface area (Å²) in [5, 5.41) is 18.4. The Bertz CT molecular complexity index is 1310. The van der Waals surface area contributed by atoms with Crippen LogP contribution in [0.5, 0.6) is 0 Å². The lowest BCUT2D eigenvalue weighted by molar-refractivity contribution is 0.404. The van der Waals surface area contributed by atoms with Crippen molar-refractivity contribution in [2.75, 3.05) is 11.4 Å². The Hall–Kier alpha value is -3.59. The lowest BCUT2D eigenvalue weighted by Crippen LogP contribution is -2.34. The predicted octanol–water partition coefficient (Wildman–Crippen LogP) is 6.46. The number of rotatable bonds is 8. The monoisotopic (exact) mass is 454 g/mol. The van der Waals surface area contributed by atoms with Crippen LogP contribution in [-0.4, -0.2) is 26.3 Å². The first-order valence-electron chi connectivity index (χ1n) is 12.0. The second kappa shape index (κ2) is 9.72. The fraction of sp³-hybridized carbons (Fsp3) is 0.393. The summed E-state index contributed by atoms with van der Waals surface area (Å²) in [5.41, 5.74) is 4.98. The smallest absolute Gasteiger partial charge is 0.183 e. The van der Waals surface area contributed by atoms with Gasteiger partial charge < -0.3 is 9.47 Å². The van der Waals surface area contributed by atoms with E-state index in [0.29, 0.717) is 12.2 Å². The van der Waals surface area contributed by atoms with Crippen molar-refractivity contribution in [1.82, 2.24) is 19.7 Å². The summed E-state index contributed by atoms with van der Waals surface area (Å²) < 4.78 is 2.27. The van der Waals surface area contributed by atoms with Crippen LogP contribution in [0, 0.1) is 23.7 Å². The molecule has 0 unspecified atom stereocenters. The zero-order chi connectivity index (χ0) is 24.3. The number of nitriles is 1. The van der Waals surface area contributed by atoms with Gasteiger partial charge in [-0.05, 0) is 42.0 Å². The van der Waals surface area contributed by atoms with Gasteiger partial charge in [-0.25, -0.2) is 4.98 Å². The highest BCUT2D eigenvalue weighted by Gasteiger charge is 2.27. The summed E-state index contributed by atoms with van der Waals surface area (Å²) in [5.74, 6) is 1.79. The predicted molar refractivity (Wildman–Crippen MR) is 139 cm³/mol.